The fourth-order valence-corrected chi connectivity index (χ4v) is 3.33. The van der Waals surface area contributed by atoms with Crippen molar-refractivity contribution in [3.63, 3.8) is 0 Å². The van der Waals surface area contributed by atoms with Gasteiger partial charge in [-0.3, -0.25) is 4.90 Å². The monoisotopic (exact) mass is 262 g/mol. The molecule has 1 fully saturated rings. The highest BCUT2D eigenvalue weighted by Crippen LogP contribution is 2.21. The Bertz CT molecular complexity index is 316. The lowest BCUT2D eigenvalue weighted by Crippen LogP contribution is -2.46. The molecule has 2 atom stereocenters. The van der Waals surface area contributed by atoms with Gasteiger partial charge in [-0.25, -0.2) is 8.42 Å². The van der Waals surface area contributed by atoms with Gasteiger partial charge in [0.1, 0.15) is 9.84 Å². The second-order valence-electron chi connectivity index (χ2n) is 5.14. The summed E-state index contributed by atoms with van der Waals surface area (Å²) in [6, 6.07) is 0.447. The van der Waals surface area contributed by atoms with Gasteiger partial charge in [0.2, 0.25) is 0 Å². The van der Waals surface area contributed by atoms with Crippen LogP contribution in [0.3, 0.4) is 0 Å². The van der Waals surface area contributed by atoms with Gasteiger partial charge < -0.3 is 5.73 Å². The molecule has 2 N–H and O–H groups in total. The smallest absolute Gasteiger partial charge is 0.150 e. The molecule has 102 valence electrons. The quantitative estimate of drug-likeness (QED) is 0.771. The maximum atomic E-state index is 11.4. The van der Waals surface area contributed by atoms with Crippen LogP contribution in [0.25, 0.3) is 0 Å². The summed E-state index contributed by atoms with van der Waals surface area (Å²) in [6.07, 6.45) is 3.09. The number of hydrogen-bond donors (Lipinski definition) is 1. The molecule has 2 unspecified atom stereocenters. The van der Waals surface area contributed by atoms with Crippen molar-refractivity contribution < 1.29 is 8.42 Å². The van der Waals surface area contributed by atoms with Crippen LogP contribution in [-0.4, -0.2) is 50.5 Å². The summed E-state index contributed by atoms with van der Waals surface area (Å²) < 4.78 is 22.8. The molecular formula is C12H26N2O2S. The fraction of sp³-hybridized carbons (Fsp3) is 1.00. The molecule has 0 aromatic carbocycles. The molecule has 1 aliphatic heterocycles. The van der Waals surface area contributed by atoms with Gasteiger partial charge in [0.15, 0.2) is 0 Å². The highest BCUT2D eigenvalue weighted by atomic mass is 32.2. The van der Waals surface area contributed by atoms with Crippen LogP contribution in [0.4, 0.5) is 0 Å². The molecule has 1 saturated heterocycles. The van der Waals surface area contributed by atoms with E-state index < -0.39 is 9.84 Å². The molecule has 0 saturated carbocycles. The van der Waals surface area contributed by atoms with E-state index in [0.717, 1.165) is 31.8 Å². The standard InChI is InChI=1S/C12H26N2O2S/c1-3-17(15,16)8-4-6-14-7-5-11(2)9-12(14)10-13/h11-12H,3-10,13H2,1-2H3. The lowest BCUT2D eigenvalue weighted by atomic mass is 9.92. The van der Waals surface area contributed by atoms with Gasteiger partial charge in [0.25, 0.3) is 0 Å². The third kappa shape index (κ3) is 4.94. The first kappa shape index (κ1) is 14.9. The van der Waals surface area contributed by atoms with E-state index in [1.807, 2.05) is 0 Å². The van der Waals surface area contributed by atoms with Gasteiger partial charge in [-0.15, -0.1) is 0 Å². The first-order valence-corrected chi connectivity index (χ1v) is 8.45. The van der Waals surface area contributed by atoms with E-state index in [1.54, 1.807) is 6.92 Å². The van der Waals surface area contributed by atoms with Gasteiger partial charge in [-0.1, -0.05) is 13.8 Å². The Balaban J connectivity index is 2.35. The number of nitrogens with zero attached hydrogens (tertiary/aromatic N) is 1. The zero-order valence-electron chi connectivity index (χ0n) is 11.1. The zero-order valence-corrected chi connectivity index (χ0v) is 11.9. The van der Waals surface area contributed by atoms with Crippen molar-refractivity contribution >= 4 is 9.84 Å². The molecule has 0 aliphatic carbocycles. The number of likely N-dealkylation sites (tertiary alicyclic amines) is 1. The third-order valence-electron chi connectivity index (χ3n) is 3.71. The topological polar surface area (TPSA) is 63.4 Å². The molecular weight excluding hydrogens is 236 g/mol. The van der Waals surface area contributed by atoms with E-state index in [-0.39, 0.29) is 5.75 Å². The molecule has 0 spiro atoms. The zero-order chi connectivity index (χ0) is 12.9. The van der Waals surface area contributed by atoms with Crippen LogP contribution in [0.5, 0.6) is 0 Å². The average molecular weight is 262 g/mol. The van der Waals surface area contributed by atoms with Gasteiger partial charge in [-0.2, -0.15) is 0 Å². The van der Waals surface area contributed by atoms with Crippen molar-refractivity contribution in [2.45, 2.75) is 39.2 Å². The molecule has 5 heteroatoms. The Labute approximate surface area is 105 Å². The molecule has 1 rings (SSSR count). The fourth-order valence-electron chi connectivity index (χ4n) is 2.47. The van der Waals surface area contributed by atoms with Gasteiger partial charge in [0, 0.05) is 18.3 Å². The van der Waals surface area contributed by atoms with Gasteiger partial charge in [-0.05, 0) is 38.3 Å². The maximum absolute atomic E-state index is 11.4. The minimum absolute atomic E-state index is 0.254. The second kappa shape index (κ2) is 6.71. The normalized spacial score (nSPS) is 27.2. The Morgan fingerprint density at radius 3 is 2.71 bits per heavy atom. The van der Waals surface area contributed by atoms with E-state index >= 15 is 0 Å². The number of nitrogens with two attached hydrogens (primary N) is 1. The Kier molecular flexibility index (Phi) is 5.89. The number of rotatable bonds is 6. The van der Waals surface area contributed by atoms with E-state index in [4.69, 9.17) is 5.73 Å². The van der Waals surface area contributed by atoms with Crippen LogP contribution in [-0.2, 0) is 9.84 Å². The second-order valence-corrected chi connectivity index (χ2v) is 7.62. The van der Waals surface area contributed by atoms with Crippen molar-refractivity contribution in [1.82, 2.24) is 4.90 Å². The SMILES string of the molecule is CCS(=O)(=O)CCCN1CCC(C)CC1CN. The van der Waals surface area contributed by atoms with Crippen molar-refractivity contribution in [3.05, 3.63) is 0 Å². The van der Waals surface area contributed by atoms with Crippen LogP contribution < -0.4 is 5.73 Å². The molecule has 1 aliphatic rings. The van der Waals surface area contributed by atoms with E-state index in [0.29, 0.717) is 18.3 Å². The minimum Gasteiger partial charge on any atom is -0.329 e. The largest absolute Gasteiger partial charge is 0.329 e. The van der Waals surface area contributed by atoms with Gasteiger partial charge >= 0.3 is 0 Å². The molecule has 4 nitrogen and oxygen atoms in total. The molecule has 0 aromatic rings. The molecule has 0 aromatic heterocycles. The summed E-state index contributed by atoms with van der Waals surface area (Å²) in [6.45, 7) is 6.59. The highest BCUT2D eigenvalue weighted by molar-refractivity contribution is 7.91. The number of hydrogen-bond acceptors (Lipinski definition) is 4. The Morgan fingerprint density at radius 2 is 2.12 bits per heavy atom. The van der Waals surface area contributed by atoms with Crippen LogP contribution >= 0.6 is 0 Å². The van der Waals surface area contributed by atoms with E-state index in [2.05, 4.69) is 11.8 Å². The lowest BCUT2D eigenvalue weighted by molar-refractivity contribution is 0.123. The highest BCUT2D eigenvalue weighted by Gasteiger charge is 2.24. The Morgan fingerprint density at radius 1 is 1.41 bits per heavy atom. The van der Waals surface area contributed by atoms with Crippen molar-refractivity contribution in [2.75, 3.05) is 31.1 Å². The third-order valence-corrected chi connectivity index (χ3v) is 5.50. The molecule has 17 heavy (non-hydrogen) atoms. The van der Waals surface area contributed by atoms with Crippen molar-refractivity contribution in [3.8, 4) is 0 Å². The lowest BCUT2D eigenvalue weighted by Gasteiger charge is -2.37. The molecule has 1 heterocycles. The Hall–Kier alpha value is -0.130. The molecule has 0 amide bonds. The van der Waals surface area contributed by atoms with Crippen LogP contribution in [0.2, 0.25) is 0 Å². The minimum atomic E-state index is -2.81. The first-order chi connectivity index (χ1) is 7.98. The summed E-state index contributed by atoms with van der Waals surface area (Å²) in [4.78, 5) is 2.37. The summed E-state index contributed by atoms with van der Waals surface area (Å²) in [5.41, 5.74) is 5.78. The number of sulfone groups is 1. The summed E-state index contributed by atoms with van der Waals surface area (Å²) in [5.74, 6) is 1.32. The predicted molar refractivity (Wildman–Crippen MR) is 71.8 cm³/mol. The summed E-state index contributed by atoms with van der Waals surface area (Å²) in [7, 11) is -2.81. The molecule has 0 bridgehead atoms. The summed E-state index contributed by atoms with van der Waals surface area (Å²) >= 11 is 0. The van der Waals surface area contributed by atoms with E-state index in [1.165, 1.54) is 6.42 Å². The maximum Gasteiger partial charge on any atom is 0.150 e. The van der Waals surface area contributed by atoms with Crippen LogP contribution in [0, 0.1) is 5.92 Å². The molecule has 0 radical (unpaired) electrons. The van der Waals surface area contributed by atoms with Crippen LogP contribution in [0.1, 0.15) is 33.1 Å². The predicted octanol–water partition coefficient (Wildman–Crippen LogP) is 0.870. The first-order valence-electron chi connectivity index (χ1n) is 6.63. The van der Waals surface area contributed by atoms with Crippen LogP contribution in [0.15, 0.2) is 0 Å². The summed E-state index contributed by atoms with van der Waals surface area (Å²) in [5, 5.41) is 0. The average Bonchev–Trinajstić information content (AvgIpc) is 2.30. The van der Waals surface area contributed by atoms with E-state index in [9.17, 15) is 8.42 Å². The van der Waals surface area contributed by atoms with Gasteiger partial charge in [0.05, 0.1) is 5.75 Å². The van der Waals surface area contributed by atoms with Crippen molar-refractivity contribution in [2.24, 2.45) is 11.7 Å². The van der Waals surface area contributed by atoms with Crippen molar-refractivity contribution in [1.29, 1.82) is 0 Å². The number of piperidine rings is 1.